The monoisotopic (exact) mass is 577 g/mol. The number of nitrogens with zero attached hydrogens (tertiary/aromatic N) is 2. The van der Waals surface area contributed by atoms with E-state index in [1.165, 1.54) is 42.3 Å². The molecular formula is C27H29Cl2N3O5S. The van der Waals surface area contributed by atoms with Gasteiger partial charge in [0.2, 0.25) is 11.8 Å². The van der Waals surface area contributed by atoms with Crippen molar-refractivity contribution in [1.29, 1.82) is 0 Å². The highest BCUT2D eigenvalue weighted by atomic mass is 35.5. The number of anilines is 1. The van der Waals surface area contributed by atoms with Crippen LogP contribution in [-0.4, -0.2) is 51.4 Å². The van der Waals surface area contributed by atoms with Gasteiger partial charge in [-0.25, -0.2) is 8.42 Å². The third-order valence-corrected chi connectivity index (χ3v) is 8.11. The predicted molar refractivity (Wildman–Crippen MR) is 149 cm³/mol. The van der Waals surface area contributed by atoms with Crippen LogP contribution in [0.2, 0.25) is 10.0 Å². The van der Waals surface area contributed by atoms with Crippen LogP contribution in [0.5, 0.6) is 5.75 Å². The average Bonchev–Trinajstić information content (AvgIpc) is 2.90. The molecule has 0 saturated carbocycles. The summed E-state index contributed by atoms with van der Waals surface area (Å²) in [6, 6.07) is 18.2. The van der Waals surface area contributed by atoms with E-state index in [0.717, 1.165) is 4.31 Å². The third-order valence-electron chi connectivity index (χ3n) is 5.79. The number of hydrogen-bond acceptors (Lipinski definition) is 5. The molecule has 3 aromatic carbocycles. The van der Waals surface area contributed by atoms with Crippen molar-refractivity contribution in [3.8, 4) is 5.75 Å². The van der Waals surface area contributed by atoms with Crippen LogP contribution in [0.3, 0.4) is 0 Å². The van der Waals surface area contributed by atoms with Gasteiger partial charge in [-0.1, -0.05) is 53.5 Å². The number of carbonyl (C=O) groups excluding carboxylic acids is 2. The second-order valence-corrected chi connectivity index (χ2v) is 11.1. The Bertz CT molecular complexity index is 1390. The van der Waals surface area contributed by atoms with Gasteiger partial charge in [-0.15, -0.1) is 0 Å². The number of ether oxygens (including phenoxy) is 1. The zero-order valence-corrected chi connectivity index (χ0v) is 23.6. The molecule has 3 rings (SSSR count). The molecule has 202 valence electrons. The van der Waals surface area contributed by atoms with Crippen LogP contribution >= 0.6 is 23.2 Å². The highest BCUT2D eigenvalue weighted by molar-refractivity contribution is 7.92. The molecule has 3 aromatic rings. The summed E-state index contributed by atoms with van der Waals surface area (Å²) < 4.78 is 33.7. The molecule has 8 nitrogen and oxygen atoms in total. The van der Waals surface area contributed by atoms with Crippen molar-refractivity contribution in [2.75, 3.05) is 24.5 Å². The summed E-state index contributed by atoms with van der Waals surface area (Å²) in [4.78, 5) is 27.9. The first-order valence-corrected chi connectivity index (χ1v) is 14.0. The van der Waals surface area contributed by atoms with Gasteiger partial charge in [-0.2, -0.15) is 0 Å². The van der Waals surface area contributed by atoms with Crippen molar-refractivity contribution in [1.82, 2.24) is 10.2 Å². The van der Waals surface area contributed by atoms with Gasteiger partial charge in [0.15, 0.2) is 0 Å². The normalized spacial score (nSPS) is 11.9. The molecule has 11 heteroatoms. The SMILES string of the molecule is CCNC(=O)C(C)N(Cc1cccc(Cl)c1)C(=O)CN(c1ccc(OC)c(Cl)c1)S(=O)(=O)c1ccccc1. The van der Waals surface area contributed by atoms with Crippen LogP contribution < -0.4 is 14.4 Å². The van der Waals surface area contributed by atoms with Crippen LogP contribution in [-0.2, 0) is 26.2 Å². The minimum atomic E-state index is -4.19. The molecule has 2 amide bonds. The summed E-state index contributed by atoms with van der Waals surface area (Å²) in [6.45, 7) is 3.20. The number of rotatable bonds is 11. The Balaban J connectivity index is 2.05. The standard InChI is InChI=1S/C27H29Cl2N3O5S/c1-4-30-27(34)19(2)31(17-20-9-8-10-21(28)15-20)26(33)18-32(22-13-14-25(37-3)24(29)16-22)38(35,36)23-11-6-5-7-12-23/h5-16,19H,4,17-18H2,1-3H3,(H,30,34). The van der Waals surface area contributed by atoms with E-state index in [1.54, 1.807) is 56.3 Å². The predicted octanol–water partition coefficient (Wildman–Crippen LogP) is 4.75. The zero-order valence-electron chi connectivity index (χ0n) is 21.2. The number of hydrogen-bond donors (Lipinski definition) is 1. The fourth-order valence-corrected chi connectivity index (χ4v) is 5.69. The Morgan fingerprint density at radius 3 is 2.32 bits per heavy atom. The van der Waals surface area contributed by atoms with Crippen molar-refractivity contribution in [2.45, 2.75) is 31.3 Å². The molecule has 1 atom stereocenters. The molecule has 1 N–H and O–H groups in total. The van der Waals surface area contributed by atoms with Gasteiger partial charge in [-0.3, -0.25) is 13.9 Å². The lowest BCUT2D eigenvalue weighted by molar-refractivity contribution is -0.139. The van der Waals surface area contributed by atoms with Gasteiger partial charge in [0.25, 0.3) is 10.0 Å². The van der Waals surface area contributed by atoms with Crippen LogP contribution in [0.15, 0.2) is 77.7 Å². The van der Waals surface area contributed by atoms with E-state index < -0.39 is 28.5 Å². The molecule has 0 aliphatic carbocycles. The Kier molecular flexibility index (Phi) is 10.0. The Hall–Kier alpha value is -3.27. The van der Waals surface area contributed by atoms with E-state index in [1.807, 2.05) is 0 Å². The highest BCUT2D eigenvalue weighted by Crippen LogP contribution is 2.32. The molecule has 0 aliphatic rings. The van der Waals surface area contributed by atoms with E-state index in [-0.39, 0.29) is 28.1 Å². The first kappa shape index (κ1) is 29.3. The summed E-state index contributed by atoms with van der Waals surface area (Å²) in [6.07, 6.45) is 0. The average molecular weight is 579 g/mol. The summed E-state index contributed by atoms with van der Waals surface area (Å²) in [5.41, 5.74) is 0.855. The topological polar surface area (TPSA) is 96.0 Å². The quantitative estimate of drug-likeness (QED) is 0.354. The Morgan fingerprint density at radius 1 is 1.00 bits per heavy atom. The minimum Gasteiger partial charge on any atom is -0.495 e. The molecule has 0 aromatic heterocycles. The third kappa shape index (κ3) is 6.98. The smallest absolute Gasteiger partial charge is 0.264 e. The first-order valence-electron chi connectivity index (χ1n) is 11.8. The fraction of sp³-hybridized carbons (Fsp3) is 0.259. The van der Waals surface area contributed by atoms with Gasteiger partial charge in [-0.05, 0) is 61.9 Å². The second kappa shape index (κ2) is 13.0. The van der Waals surface area contributed by atoms with Crippen molar-refractivity contribution >= 4 is 50.7 Å². The van der Waals surface area contributed by atoms with Gasteiger partial charge in [0.1, 0.15) is 18.3 Å². The molecule has 1 unspecified atom stereocenters. The number of methoxy groups -OCH3 is 1. The molecule has 0 fully saturated rings. The maximum Gasteiger partial charge on any atom is 0.264 e. The summed E-state index contributed by atoms with van der Waals surface area (Å²) >= 11 is 12.4. The largest absolute Gasteiger partial charge is 0.495 e. The second-order valence-electron chi connectivity index (χ2n) is 8.37. The molecule has 0 saturated heterocycles. The van der Waals surface area contributed by atoms with Crippen LogP contribution in [0.25, 0.3) is 0 Å². The summed E-state index contributed by atoms with van der Waals surface area (Å²) in [5, 5.41) is 3.37. The number of sulfonamides is 1. The summed E-state index contributed by atoms with van der Waals surface area (Å²) in [7, 11) is -2.75. The van der Waals surface area contributed by atoms with Crippen molar-refractivity contribution in [2.24, 2.45) is 0 Å². The lowest BCUT2D eigenvalue weighted by Gasteiger charge is -2.32. The molecule has 0 heterocycles. The van der Waals surface area contributed by atoms with Crippen LogP contribution in [0.4, 0.5) is 5.69 Å². The van der Waals surface area contributed by atoms with Crippen molar-refractivity contribution < 1.29 is 22.7 Å². The number of halogens is 2. The minimum absolute atomic E-state index is 0.00194. The van der Waals surface area contributed by atoms with Gasteiger partial charge in [0.05, 0.1) is 22.7 Å². The maximum absolute atomic E-state index is 13.8. The van der Waals surface area contributed by atoms with Crippen LogP contribution in [0, 0.1) is 0 Å². The molecule has 0 spiro atoms. The van der Waals surface area contributed by atoms with Gasteiger partial charge in [0, 0.05) is 18.1 Å². The van der Waals surface area contributed by atoms with Crippen molar-refractivity contribution in [3.63, 3.8) is 0 Å². The van der Waals surface area contributed by atoms with E-state index in [2.05, 4.69) is 5.32 Å². The van der Waals surface area contributed by atoms with E-state index in [4.69, 9.17) is 27.9 Å². The van der Waals surface area contributed by atoms with Crippen molar-refractivity contribution in [3.05, 3.63) is 88.4 Å². The summed E-state index contributed by atoms with van der Waals surface area (Å²) in [5.74, 6) is -0.603. The number of likely N-dealkylation sites (N-methyl/N-ethyl adjacent to an activating group) is 1. The van der Waals surface area contributed by atoms with Gasteiger partial charge < -0.3 is 15.0 Å². The Morgan fingerprint density at radius 2 is 1.71 bits per heavy atom. The fourth-order valence-electron chi connectivity index (χ4n) is 3.80. The number of amides is 2. The zero-order chi connectivity index (χ0) is 27.9. The molecule has 0 radical (unpaired) electrons. The number of benzene rings is 3. The van der Waals surface area contributed by atoms with Crippen LogP contribution in [0.1, 0.15) is 19.4 Å². The lowest BCUT2D eigenvalue weighted by Crippen LogP contribution is -2.51. The maximum atomic E-state index is 13.8. The Labute approximate surface area is 233 Å². The number of carbonyl (C=O) groups is 2. The molecule has 0 aliphatic heterocycles. The van der Waals surface area contributed by atoms with Gasteiger partial charge >= 0.3 is 0 Å². The first-order chi connectivity index (χ1) is 18.1. The molecule has 38 heavy (non-hydrogen) atoms. The lowest BCUT2D eigenvalue weighted by atomic mass is 10.1. The van der Waals surface area contributed by atoms with E-state index >= 15 is 0 Å². The van der Waals surface area contributed by atoms with E-state index in [9.17, 15) is 18.0 Å². The van der Waals surface area contributed by atoms with E-state index in [0.29, 0.717) is 22.9 Å². The number of nitrogens with one attached hydrogen (secondary N) is 1. The highest BCUT2D eigenvalue weighted by Gasteiger charge is 2.32. The molecular weight excluding hydrogens is 549 g/mol. The molecule has 0 bridgehead atoms.